The molecule has 0 aromatic heterocycles. The number of ether oxygens (including phenoxy) is 1. The van der Waals surface area contributed by atoms with Crippen molar-refractivity contribution >= 4 is 21.6 Å². The number of amides is 1. The average molecular weight is 388 g/mol. The third-order valence-electron chi connectivity index (χ3n) is 4.56. The lowest BCUT2D eigenvalue weighted by atomic mass is 10.1. The number of carbonyl (C=O) groups is 1. The van der Waals surface area contributed by atoms with Gasteiger partial charge in [0.05, 0.1) is 18.0 Å². The van der Waals surface area contributed by atoms with Crippen LogP contribution in [0.4, 0.5) is 5.69 Å². The summed E-state index contributed by atoms with van der Waals surface area (Å²) in [4.78, 5) is 12.3. The second kappa shape index (κ2) is 8.00. The van der Waals surface area contributed by atoms with Gasteiger partial charge in [-0.3, -0.25) is 9.10 Å². The number of rotatable bonds is 6. The number of nitrogens with one attached hydrogen (secondary N) is 1. The molecule has 0 radical (unpaired) electrons. The van der Waals surface area contributed by atoms with Gasteiger partial charge in [-0.05, 0) is 55.7 Å². The fourth-order valence-electron chi connectivity index (χ4n) is 3.16. The van der Waals surface area contributed by atoms with E-state index in [4.69, 9.17) is 4.74 Å². The first-order valence-electron chi connectivity index (χ1n) is 8.96. The van der Waals surface area contributed by atoms with Crippen molar-refractivity contribution in [3.63, 3.8) is 0 Å². The number of hydrogen-bond acceptors (Lipinski definition) is 4. The van der Waals surface area contributed by atoms with E-state index in [2.05, 4.69) is 5.32 Å². The summed E-state index contributed by atoms with van der Waals surface area (Å²) in [6.07, 6.45) is 0.630. The van der Waals surface area contributed by atoms with Gasteiger partial charge in [-0.2, -0.15) is 0 Å². The molecule has 0 unspecified atom stereocenters. The monoisotopic (exact) mass is 388 g/mol. The summed E-state index contributed by atoms with van der Waals surface area (Å²) in [5, 5.41) is 2.82. The van der Waals surface area contributed by atoms with Gasteiger partial charge in [0.15, 0.2) is 0 Å². The van der Waals surface area contributed by atoms with Crippen LogP contribution in [0.1, 0.15) is 27.9 Å². The van der Waals surface area contributed by atoms with E-state index in [1.165, 1.54) is 4.31 Å². The Balaban J connectivity index is 1.53. The fraction of sp³-hybridized carbons (Fsp3) is 0.350. The van der Waals surface area contributed by atoms with E-state index in [0.717, 1.165) is 16.9 Å². The Morgan fingerprint density at radius 1 is 1.11 bits per heavy atom. The van der Waals surface area contributed by atoms with Crippen LogP contribution in [0.2, 0.25) is 0 Å². The predicted molar refractivity (Wildman–Crippen MR) is 106 cm³/mol. The molecule has 1 saturated heterocycles. The third kappa shape index (κ3) is 4.42. The molecule has 7 heteroatoms. The summed E-state index contributed by atoms with van der Waals surface area (Å²) in [5.74, 6) is 0.814. The summed E-state index contributed by atoms with van der Waals surface area (Å²) in [6, 6.07) is 12.6. The Morgan fingerprint density at radius 3 is 2.37 bits per heavy atom. The zero-order valence-electron chi connectivity index (χ0n) is 15.6. The minimum atomic E-state index is -3.21. The van der Waals surface area contributed by atoms with E-state index in [9.17, 15) is 13.2 Å². The summed E-state index contributed by atoms with van der Waals surface area (Å²) in [5.41, 5.74) is 3.22. The molecule has 1 fully saturated rings. The van der Waals surface area contributed by atoms with Gasteiger partial charge in [-0.15, -0.1) is 0 Å². The summed E-state index contributed by atoms with van der Waals surface area (Å²) in [6.45, 7) is 5.23. The molecule has 0 bridgehead atoms. The molecule has 1 N–H and O–H groups in total. The highest BCUT2D eigenvalue weighted by Crippen LogP contribution is 2.24. The van der Waals surface area contributed by atoms with Gasteiger partial charge >= 0.3 is 0 Å². The predicted octanol–water partition coefficient (Wildman–Crippen LogP) is 2.65. The average Bonchev–Trinajstić information content (AvgIpc) is 2.99. The summed E-state index contributed by atoms with van der Waals surface area (Å²) in [7, 11) is -3.21. The molecule has 0 aliphatic carbocycles. The normalized spacial score (nSPS) is 15.6. The molecule has 144 valence electrons. The molecule has 1 heterocycles. The van der Waals surface area contributed by atoms with Crippen molar-refractivity contribution in [1.29, 1.82) is 0 Å². The van der Waals surface area contributed by atoms with Crippen LogP contribution < -0.4 is 14.4 Å². The Labute approximate surface area is 160 Å². The zero-order valence-corrected chi connectivity index (χ0v) is 16.4. The second-order valence-electron chi connectivity index (χ2n) is 6.61. The lowest BCUT2D eigenvalue weighted by Gasteiger charge is -2.17. The third-order valence-corrected chi connectivity index (χ3v) is 6.43. The van der Waals surface area contributed by atoms with Crippen LogP contribution in [0, 0.1) is 13.8 Å². The van der Waals surface area contributed by atoms with E-state index in [1.54, 1.807) is 24.3 Å². The summed E-state index contributed by atoms with van der Waals surface area (Å²) >= 11 is 0. The largest absolute Gasteiger partial charge is 0.491 e. The number of carbonyl (C=O) groups excluding carboxylic acids is 1. The van der Waals surface area contributed by atoms with Crippen LogP contribution >= 0.6 is 0 Å². The van der Waals surface area contributed by atoms with Crippen molar-refractivity contribution in [3.05, 3.63) is 59.2 Å². The van der Waals surface area contributed by atoms with E-state index < -0.39 is 10.0 Å². The number of sulfonamides is 1. The van der Waals surface area contributed by atoms with E-state index >= 15 is 0 Å². The van der Waals surface area contributed by atoms with Gasteiger partial charge in [0.2, 0.25) is 10.0 Å². The Bertz CT molecular complexity index is 903. The first-order valence-corrected chi connectivity index (χ1v) is 10.6. The van der Waals surface area contributed by atoms with E-state index in [-0.39, 0.29) is 11.7 Å². The lowest BCUT2D eigenvalue weighted by Crippen LogP contribution is -2.28. The van der Waals surface area contributed by atoms with Crippen molar-refractivity contribution in [2.75, 3.05) is 29.8 Å². The van der Waals surface area contributed by atoms with Crippen LogP contribution in [-0.2, 0) is 10.0 Å². The molecule has 3 rings (SSSR count). The molecule has 6 nitrogen and oxygen atoms in total. The highest BCUT2D eigenvalue weighted by Gasteiger charge is 2.28. The first-order chi connectivity index (χ1) is 12.9. The maximum absolute atomic E-state index is 12.3. The molecule has 1 amide bonds. The quantitative estimate of drug-likeness (QED) is 0.772. The SMILES string of the molecule is Cc1cccc(C)c1OCCNC(=O)c1ccc(N2CCCS2(=O)=O)cc1. The maximum Gasteiger partial charge on any atom is 0.251 e. The molecular formula is C20H24N2O4S. The first kappa shape index (κ1) is 19.2. The number of aryl methyl sites for hydroxylation is 2. The van der Waals surface area contributed by atoms with Crippen molar-refractivity contribution in [1.82, 2.24) is 5.32 Å². The van der Waals surface area contributed by atoms with Gasteiger partial charge in [0.1, 0.15) is 12.4 Å². The lowest BCUT2D eigenvalue weighted by molar-refractivity contribution is 0.0947. The fourth-order valence-corrected chi connectivity index (χ4v) is 4.72. The minimum Gasteiger partial charge on any atom is -0.491 e. The topological polar surface area (TPSA) is 75.7 Å². The van der Waals surface area contributed by atoms with E-state index in [0.29, 0.717) is 37.4 Å². The molecule has 2 aromatic carbocycles. The van der Waals surface area contributed by atoms with Gasteiger partial charge in [0, 0.05) is 12.1 Å². The Morgan fingerprint density at radius 2 is 1.78 bits per heavy atom. The van der Waals surface area contributed by atoms with Crippen molar-refractivity contribution in [3.8, 4) is 5.75 Å². The standard InChI is InChI=1S/C20H24N2O4S/c1-15-5-3-6-16(2)19(15)26-13-11-21-20(23)17-7-9-18(10-8-17)22-12-4-14-27(22,24)25/h3,5-10H,4,11-14H2,1-2H3,(H,21,23). The molecule has 0 spiro atoms. The molecule has 0 atom stereocenters. The molecule has 0 saturated carbocycles. The number of anilines is 1. The van der Waals surface area contributed by atoms with Crippen LogP contribution in [0.25, 0.3) is 0 Å². The smallest absolute Gasteiger partial charge is 0.251 e. The molecule has 27 heavy (non-hydrogen) atoms. The van der Waals surface area contributed by atoms with Crippen LogP contribution in [0.3, 0.4) is 0 Å². The van der Waals surface area contributed by atoms with Gasteiger partial charge < -0.3 is 10.1 Å². The number of para-hydroxylation sites is 1. The zero-order chi connectivity index (χ0) is 19.4. The van der Waals surface area contributed by atoms with Crippen LogP contribution in [0.15, 0.2) is 42.5 Å². The van der Waals surface area contributed by atoms with Gasteiger partial charge in [-0.1, -0.05) is 18.2 Å². The Kier molecular flexibility index (Phi) is 5.70. The Hall–Kier alpha value is -2.54. The number of benzene rings is 2. The molecule has 2 aromatic rings. The number of nitrogens with zero attached hydrogens (tertiary/aromatic N) is 1. The van der Waals surface area contributed by atoms with Crippen molar-refractivity contribution in [2.45, 2.75) is 20.3 Å². The van der Waals surface area contributed by atoms with Gasteiger partial charge in [0.25, 0.3) is 5.91 Å². The van der Waals surface area contributed by atoms with Crippen LogP contribution in [0.5, 0.6) is 5.75 Å². The molecule has 1 aliphatic heterocycles. The molecular weight excluding hydrogens is 364 g/mol. The van der Waals surface area contributed by atoms with E-state index in [1.807, 2.05) is 32.0 Å². The maximum atomic E-state index is 12.3. The summed E-state index contributed by atoms with van der Waals surface area (Å²) < 4.78 is 31.1. The van der Waals surface area contributed by atoms with Crippen molar-refractivity contribution in [2.24, 2.45) is 0 Å². The van der Waals surface area contributed by atoms with Gasteiger partial charge in [-0.25, -0.2) is 8.42 Å². The van der Waals surface area contributed by atoms with Crippen LogP contribution in [-0.4, -0.2) is 39.8 Å². The van der Waals surface area contributed by atoms with Crippen molar-refractivity contribution < 1.29 is 17.9 Å². The second-order valence-corrected chi connectivity index (χ2v) is 8.63. The highest BCUT2D eigenvalue weighted by molar-refractivity contribution is 7.93. The number of hydrogen-bond donors (Lipinski definition) is 1. The minimum absolute atomic E-state index is 0.176. The highest BCUT2D eigenvalue weighted by atomic mass is 32.2. The molecule has 1 aliphatic rings.